The first-order valence-electron chi connectivity index (χ1n) is 11.0. The summed E-state index contributed by atoms with van der Waals surface area (Å²) in [6, 6.07) is 20.8. The van der Waals surface area contributed by atoms with Gasteiger partial charge < -0.3 is 4.74 Å². The molecular formula is C27H25ClN2O4S. The van der Waals surface area contributed by atoms with E-state index in [1.807, 2.05) is 6.07 Å². The van der Waals surface area contributed by atoms with Crippen LogP contribution in [0.15, 0.2) is 83.3 Å². The number of anilines is 1. The number of ether oxygens (including phenoxy) is 1. The molecule has 0 bridgehead atoms. The molecule has 0 atom stereocenters. The average molecular weight is 509 g/mol. The molecule has 0 saturated carbocycles. The van der Waals surface area contributed by atoms with Crippen LogP contribution >= 0.6 is 11.6 Å². The smallest absolute Gasteiger partial charge is 0.282 e. The number of rotatable bonds is 9. The van der Waals surface area contributed by atoms with Gasteiger partial charge in [-0.1, -0.05) is 49.2 Å². The minimum absolute atomic E-state index is 0.118. The number of methoxy groups -OCH3 is 1. The van der Waals surface area contributed by atoms with Gasteiger partial charge in [0.25, 0.3) is 15.9 Å². The van der Waals surface area contributed by atoms with E-state index in [2.05, 4.69) is 6.92 Å². The van der Waals surface area contributed by atoms with Crippen molar-refractivity contribution in [3.05, 3.63) is 94.5 Å². The van der Waals surface area contributed by atoms with Gasteiger partial charge >= 0.3 is 0 Å². The maximum absolute atomic E-state index is 13.6. The number of carbonyl (C=O) groups excluding carboxylic acids is 1. The highest BCUT2D eigenvalue weighted by atomic mass is 35.5. The van der Waals surface area contributed by atoms with Gasteiger partial charge in [0.15, 0.2) is 0 Å². The summed E-state index contributed by atoms with van der Waals surface area (Å²) in [5.41, 5.74) is 1.39. The fourth-order valence-electron chi connectivity index (χ4n) is 3.37. The van der Waals surface area contributed by atoms with Gasteiger partial charge in [-0.3, -0.25) is 4.79 Å². The van der Waals surface area contributed by atoms with Gasteiger partial charge in [-0.2, -0.15) is 9.57 Å². The molecule has 0 fully saturated rings. The van der Waals surface area contributed by atoms with Crippen molar-refractivity contribution in [2.45, 2.75) is 31.1 Å². The third kappa shape index (κ3) is 6.30. The Morgan fingerprint density at radius 3 is 2.20 bits per heavy atom. The zero-order valence-electron chi connectivity index (χ0n) is 19.4. The number of nitriles is 1. The minimum atomic E-state index is -4.34. The minimum Gasteiger partial charge on any atom is -0.497 e. The lowest BCUT2D eigenvalue weighted by Gasteiger charge is -2.23. The number of halogens is 1. The Bertz CT molecular complexity index is 1340. The molecule has 0 N–H and O–H groups in total. The van der Waals surface area contributed by atoms with Crippen molar-refractivity contribution < 1.29 is 17.9 Å². The molecule has 0 heterocycles. The van der Waals surface area contributed by atoms with Crippen LogP contribution < -0.4 is 9.04 Å². The summed E-state index contributed by atoms with van der Waals surface area (Å²) in [5, 5.41) is 10.1. The third-order valence-electron chi connectivity index (χ3n) is 5.30. The maximum Gasteiger partial charge on any atom is 0.282 e. The Labute approximate surface area is 211 Å². The summed E-state index contributed by atoms with van der Waals surface area (Å²) in [6.07, 6.45) is 4.21. The molecule has 0 spiro atoms. The largest absolute Gasteiger partial charge is 0.497 e. The van der Waals surface area contributed by atoms with Crippen molar-refractivity contribution in [3.63, 3.8) is 0 Å². The molecule has 0 aliphatic heterocycles. The molecule has 3 aromatic carbocycles. The molecular weight excluding hydrogens is 484 g/mol. The Morgan fingerprint density at radius 2 is 1.66 bits per heavy atom. The topological polar surface area (TPSA) is 87.5 Å². The van der Waals surface area contributed by atoms with Crippen LogP contribution in [0.1, 0.15) is 30.9 Å². The Morgan fingerprint density at radius 1 is 1.03 bits per heavy atom. The van der Waals surface area contributed by atoms with E-state index in [1.165, 1.54) is 37.5 Å². The maximum atomic E-state index is 13.6. The first-order chi connectivity index (χ1) is 16.8. The highest BCUT2D eigenvalue weighted by molar-refractivity contribution is 7.93. The number of hydrogen-bond acceptors (Lipinski definition) is 5. The standard InChI is InChI=1S/C27H25ClN2O4S/c1-3-4-5-20-6-12-24(13-7-20)30(35(32,33)26-16-10-23(28)11-17-26)27(31)22(19-29)18-21-8-14-25(34-2)15-9-21/h6-18H,3-5H2,1-2H3/b22-18+. The van der Waals surface area contributed by atoms with Gasteiger partial charge in [-0.25, -0.2) is 8.42 Å². The third-order valence-corrected chi connectivity index (χ3v) is 7.28. The van der Waals surface area contributed by atoms with Crippen molar-refractivity contribution in [1.82, 2.24) is 0 Å². The number of hydrogen-bond donors (Lipinski definition) is 0. The molecule has 0 aromatic heterocycles. The summed E-state index contributed by atoms with van der Waals surface area (Å²) in [4.78, 5) is 13.4. The van der Waals surface area contributed by atoms with Crippen molar-refractivity contribution >= 4 is 39.3 Å². The van der Waals surface area contributed by atoms with E-state index in [0.717, 1.165) is 24.8 Å². The van der Waals surface area contributed by atoms with Gasteiger partial charge in [-0.15, -0.1) is 0 Å². The average Bonchev–Trinajstić information content (AvgIpc) is 2.87. The van der Waals surface area contributed by atoms with Gasteiger partial charge in [0.2, 0.25) is 0 Å². The molecule has 0 aliphatic rings. The van der Waals surface area contributed by atoms with E-state index in [4.69, 9.17) is 16.3 Å². The lowest BCUT2D eigenvalue weighted by molar-refractivity contribution is -0.113. The van der Waals surface area contributed by atoms with Crippen LogP contribution in [-0.2, 0) is 21.2 Å². The SMILES string of the molecule is CCCCc1ccc(N(C(=O)/C(C#N)=C/c2ccc(OC)cc2)S(=O)(=O)c2ccc(Cl)cc2)cc1. The number of aryl methyl sites for hydroxylation is 1. The van der Waals surface area contributed by atoms with Crippen LogP contribution in [0, 0.1) is 11.3 Å². The first-order valence-corrected chi connectivity index (χ1v) is 12.8. The molecule has 6 nitrogen and oxygen atoms in total. The predicted octanol–water partition coefficient (Wildman–Crippen LogP) is 6.02. The van der Waals surface area contributed by atoms with Crippen molar-refractivity contribution in [2.24, 2.45) is 0 Å². The van der Waals surface area contributed by atoms with Gasteiger partial charge in [-0.05, 0) is 78.6 Å². The second kappa shape index (κ2) is 11.7. The van der Waals surface area contributed by atoms with Crippen LogP contribution in [0.3, 0.4) is 0 Å². The quantitative estimate of drug-likeness (QED) is 0.260. The molecule has 180 valence electrons. The number of nitrogens with zero attached hydrogens (tertiary/aromatic N) is 2. The lowest BCUT2D eigenvalue weighted by Crippen LogP contribution is -2.37. The number of unbranched alkanes of at least 4 members (excludes halogenated alkanes) is 1. The van der Waals surface area contributed by atoms with Crippen LogP contribution in [0.5, 0.6) is 5.75 Å². The fraction of sp³-hybridized carbons (Fsp3) is 0.185. The summed E-state index contributed by atoms with van der Waals surface area (Å²) < 4.78 is 33.0. The summed E-state index contributed by atoms with van der Waals surface area (Å²) in [6.45, 7) is 2.09. The first kappa shape index (κ1) is 26.0. The van der Waals surface area contributed by atoms with Crippen molar-refractivity contribution in [3.8, 4) is 11.8 Å². The van der Waals surface area contributed by atoms with Crippen molar-refractivity contribution in [2.75, 3.05) is 11.4 Å². The molecule has 0 radical (unpaired) electrons. The zero-order chi connectivity index (χ0) is 25.4. The van der Waals surface area contributed by atoms with Crippen LogP contribution in [-0.4, -0.2) is 21.4 Å². The Hall–Kier alpha value is -3.60. The number of benzene rings is 3. The van der Waals surface area contributed by atoms with E-state index in [1.54, 1.807) is 48.5 Å². The molecule has 3 aromatic rings. The molecule has 0 saturated heterocycles. The highest BCUT2D eigenvalue weighted by Crippen LogP contribution is 2.28. The van der Waals surface area contributed by atoms with Gasteiger partial charge in [0.1, 0.15) is 17.4 Å². The normalized spacial score (nSPS) is 11.5. The second-order valence-electron chi connectivity index (χ2n) is 7.74. The second-order valence-corrected chi connectivity index (χ2v) is 9.96. The monoisotopic (exact) mass is 508 g/mol. The summed E-state index contributed by atoms with van der Waals surface area (Å²) >= 11 is 5.93. The molecule has 0 unspecified atom stereocenters. The van der Waals surface area contributed by atoms with Crippen molar-refractivity contribution in [1.29, 1.82) is 5.26 Å². The Kier molecular flexibility index (Phi) is 8.69. The summed E-state index contributed by atoms with van der Waals surface area (Å²) in [5.74, 6) is -0.346. The number of sulfonamides is 1. The lowest BCUT2D eigenvalue weighted by atomic mass is 10.1. The van der Waals surface area contributed by atoms with E-state index < -0.39 is 15.9 Å². The van der Waals surface area contributed by atoms with Crippen LogP contribution in [0.2, 0.25) is 5.02 Å². The van der Waals surface area contributed by atoms with E-state index in [0.29, 0.717) is 20.6 Å². The molecule has 0 aliphatic carbocycles. The van der Waals surface area contributed by atoms with E-state index >= 15 is 0 Å². The van der Waals surface area contributed by atoms with Crippen LogP contribution in [0.25, 0.3) is 6.08 Å². The molecule has 8 heteroatoms. The van der Waals surface area contributed by atoms with E-state index in [9.17, 15) is 18.5 Å². The zero-order valence-corrected chi connectivity index (χ0v) is 21.0. The Balaban J connectivity index is 2.08. The highest BCUT2D eigenvalue weighted by Gasteiger charge is 2.33. The van der Waals surface area contributed by atoms with Gasteiger partial charge in [0.05, 0.1) is 17.7 Å². The molecule has 3 rings (SSSR count). The number of carbonyl (C=O) groups is 1. The summed E-state index contributed by atoms with van der Waals surface area (Å²) in [7, 11) is -2.81. The van der Waals surface area contributed by atoms with Gasteiger partial charge in [0, 0.05) is 5.02 Å². The predicted molar refractivity (Wildman–Crippen MR) is 138 cm³/mol. The number of amides is 1. The molecule has 35 heavy (non-hydrogen) atoms. The van der Waals surface area contributed by atoms with E-state index in [-0.39, 0.29) is 16.2 Å². The van der Waals surface area contributed by atoms with Crippen LogP contribution in [0.4, 0.5) is 5.69 Å². The fourth-order valence-corrected chi connectivity index (χ4v) is 4.91. The molecule has 1 amide bonds.